The van der Waals surface area contributed by atoms with E-state index in [-0.39, 0.29) is 34.8 Å². The quantitative estimate of drug-likeness (QED) is 0.373. The predicted octanol–water partition coefficient (Wildman–Crippen LogP) is 1.04. The Kier molecular flexibility index (Phi) is 7.27. The molecule has 1 fully saturated rings. The molecule has 174 valence electrons. The minimum atomic E-state index is -0.849. The summed E-state index contributed by atoms with van der Waals surface area (Å²) in [5.74, 6) is -0.176. The van der Waals surface area contributed by atoms with Gasteiger partial charge < -0.3 is 22.7 Å². The Morgan fingerprint density at radius 1 is 0.912 bits per heavy atom. The smallest absolute Gasteiger partial charge is 0.265 e. The van der Waals surface area contributed by atoms with Gasteiger partial charge in [0.05, 0.1) is 6.04 Å². The number of nitrogens with zero attached hydrogens (tertiary/aromatic N) is 3. The van der Waals surface area contributed by atoms with E-state index >= 15 is 0 Å². The molecule has 2 N–H and O–H groups in total. The molecule has 0 radical (unpaired) electrons. The number of nitrogens with two attached hydrogens (primary N) is 1. The van der Waals surface area contributed by atoms with Crippen molar-refractivity contribution >= 4 is 5.91 Å². The van der Waals surface area contributed by atoms with Crippen LogP contribution in [0.25, 0.3) is 0 Å². The summed E-state index contributed by atoms with van der Waals surface area (Å²) in [4.78, 5) is 13.3. The highest BCUT2D eigenvalue weighted by Crippen LogP contribution is 2.48. The molecule has 0 saturated heterocycles. The number of rotatable bonds is 7. The van der Waals surface area contributed by atoms with E-state index in [1.807, 2.05) is 89.9 Å². The van der Waals surface area contributed by atoms with Crippen molar-refractivity contribution in [1.82, 2.24) is 9.78 Å². The van der Waals surface area contributed by atoms with Crippen LogP contribution in [0.2, 0.25) is 0 Å². The number of hydrogen-bond acceptors (Lipinski definition) is 2. The number of carbonyl (C=O) groups is 1. The maximum Gasteiger partial charge on any atom is 0.265 e. The van der Waals surface area contributed by atoms with Gasteiger partial charge in [0, 0.05) is 5.10 Å². The summed E-state index contributed by atoms with van der Waals surface area (Å²) >= 11 is 0. The van der Waals surface area contributed by atoms with Gasteiger partial charge in [-0.3, -0.25) is 4.79 Å². The van der Waals surface area contributed by atoms with Gasteiger partial charge in [-0.2, -0.15) is 0 Å². The minimum absolute atomic E-state index is 0. The molecule has 1 aliphatic carbocycles. The molecule has 0 bridgehead atoms. The highest BCUT2D eigenvalue weighted by molar-refractivity contribution is 5.91. The molecule has 34 heavy (non-hydrogen) atoms. The van der Waals surface area contributed by atoms with Crippen LogP contribution in [0.1, 0.15) is 42.0 Å². The van der Waals surface area contributed by atoms with Gasteiger partial charge in [0.25, 0.3) is 6.33 Å². The van der Waals surface area contributed by atoms with Crippen LogP contribution in [-0.4, -0.2) is 15.7 Å². The second-order valence-corrected chi connectivity index (χ2v) is 8.94. The maximum atomic E-state index is 13.3. The van der Waals surface area contributed by atoms with Crippen molar-refractivity contribution in [2.24, 2.45) is 11.7 Å². The fourth-order valence-electron chi connectivity index (χ4n) is 5.53. The fourth-order valence-corrected chi connectivity index (χ4v) is 5.53. The van der Waals surface area contributed by atoms with E-state index in [0.29, 0.717) is 0 Å². The lowest BCUT2D eigenvalue weighted by Crippen LogP contribution is -3.00. The molecule has 0 spiro atoms. The molecule has 0 aliphatic heterocycles. The average Bonchev–Trinajstić information content (AvgIpc) is 3.52. The van der Waals surface area contributed by atoms with E-state index in [1.54, 1.807) is 0 Å². The zero-order valence-electron chi connectivity index (χ0n) is 19.0. The lowest BCUT2D eigenvalue weighted by atomic mass is 9.64. The third-order valence-electron chi connectivity index (χ3n) is 7.07. The van der Waals surface area contributed by atoms with Gasteiger partial charge >= 0.3 is 0 Å². The van der Waals surface area contributed by atoms with E-state index in [0.717, 1.165) is 36.9 Å². The molecule has 3 aromatic carbocycles. The third kappa shape index (κ3) is 4.42. The predicted molar refractivity (Wildman–Crippen MR) is 127 cm³/mol. The molecule has 4 aromatic rings. The van der Waals surface area contributed by atoms with E-state index in [4.69, 9.17) is 5.73 Å². The Hall–Kier alpha value is -3.25. The summed E-state index contributed by atoms with van der Waals surface area (Å²) in [6, 6.07) is 30.7. The molecule has 1 aromatic heterocycles. The molecular formula is C28H29BrN4O. The molecule has 1 aliphatic rings. The summed E-state index contributed by atoms with van der Waals surface area (Å²) in [5.41, 5.74) is 8.54. The minimum Gasteiger partial charge on any atom is -1.00 e. The van der Waals surface area contributed by atoms with Crippen molar-refractivity contribution in [3.8, 4) is 0 Å². The van der Waals surface area contributed by atoms with Crippen LogP contribution in [0.15, 0.2) is 104 Å². The Labute approximate surface area is 211 Å². The van der Waals surface area contributed by atoms with Gasteiger partial charge in [0.15, 0.2) is 0 Å². The molecule has 5 nitrogen and oxygen atoms in total. The van der Waals surface area contributed by atoms with Gasteiger partial charge in [-0.15, -0.1) is 4.68 Å². The number of halogens is 1. The number of amides is 1. The van der Waals surface area contributed by atoms with E-state index in [1.165, 1.54) is 5.56 Å². The van der Waals surface area contributed by atoms with E-state index in [9.17, 15) is 4.79 Å². The van der Waals surface area contributed by atoms with Crippen LogP contribution in [-0.2, 0) is 16.8 Å². The van der Waals surface area contributed by atoms with Gasteiger partial charge in [0.1, 0.15) is 12.0 Å². The molecule has 6 heteroatoms. The van der Waals surface area contributed by atoms with Crippen LogP contribution < -0.4 is 27.3 Å². The van der Waals surface area contributed by atoms with Crippen molar-refractivity contribution in [3.05, 3.63) is 120 Å². The van der Waals surface area contributed by atoms with Crippen LogP contribution in [0.3, 0.4) is 0 Å². The zero-order valence-corrected chi connectivity index (χ0v) is 20.6. The summed E-state index contributed by atoms with van der Waals surface area (Å²) in [6.45, 7) is 0.739. The van der Waals surface area contributed by atoms with Crippen molar-refractivity contribution in [3.63, 3.8) is 0 Å². The van der Waals surface area contributed by atoms with Gasteiger partial charge in [-0.1, -0.05) is 91.0 Å². The highest BCUT2D eigenvalue weighted by Gasteiger charge is 2.50. The summed E-state index contributed by atoms with van der Waals surface area (Å²) in [7, 11) is 0. The van der Waals surface area contributed by atoms with Crippen LogP contribution in [0.5, 0.6) is 0 Å². The molecule has 1 heterocycles. The first kappa shape index (κ1) is 23.9. The first-order valence-electron chi connectivity index (χ1n) is 11.6. The Morgan fingerprint density at radius 2 is 1.47 bits per heavy atom. The number of primary amides is 1. The zero-order chi connectivity index (χ0) is 22.7. The van der Waals surface area contributed by atoms with Crippen molar-refractivity contribution in [2.75, 3.05) is 0 Å². The number of benzene rings is 3. The van der Waals surface area contributed by atoms with Gasteiger partial charge in [-0.25, -0.2) is 4.57 Å². The van der Waals surface area contributed by atoms with Gasteiger partial charge in [0.2, 0.25) is 12.2 Å². The topological polar surface area (TPSA) is 64.8 Å². The molecular weight excluding hydrogens is 488 g/mol. The lowest BCUT2D eigenvalue weighted by Gasteiger charge is -2.37. The van der Waals surface area contributed by atoms with Crippen LogP contribution in [0.4, 0.5) is 0 Å². The number of carbonyl (C=O) groups excluding carboxylic acids is 1. The second kappa shape index (κ2) is 10.3. The summed E-state index contributed by atoms with van der Waals surface area (Å²) in [6.07, 6.45) is 6.77. The lowest BCUT2D eigenvalue weighted by molar-refractivity contribution is -0.722. The van der Waals surface area contributed by atoms with E-state index < -0.39 is 5.41 Å². The summed E-state index contributed by atoms with van der Waals surface area (Å²) in [5, 5.41) is 4.58. The van der Waals surface area contributed by atoms with Crippen molar-refractivity contribution in [1.29, 1.82) is 0 Å². The molecule has 5 rings (SSSR count). The first-order valence-corrected chi connectivity index (χ1v) is 11.6. The standard InChI is InChI=1S/C28H28N4O.BrH/c29-27(33)28(23-12-6-2-7-13-23,24-14-8-3-9-15-24)25-16-17-26(18-25)31-20-30-32(21-31)19-22-10-4-1-5-11-22;/h1-15,20-21,25-26H,16-19H2,(H-,29,33);1H/t25-,26+;/m1./s1. The number of aromatic nitrogens is 3. The normalized spacial score (nSPS) is 17.8. The Balaban J connectivity index is 0.00000274. The SMILES string of the molecule is NC(=O)C(c1ccccc1)(c1ccccc1)[C@@H]1CC[C@H]([n+]2cnn(Cc3ccccc3)c2)C1.[Br-]. The average molecular weight is 517 g/mol. The summed E-state index contributed by atoms with van der Waals surface area (Å²) < 4.78 is 4.17. The third-order valence-corrected chi connectivity index (χ3v) is 7.07. The van der Waals surface area contributed by atoms with Gasteiger partial charge in [-0.05, 0) is 41.9 Å². The molecule has 1 saturated carbocycles. The van der Waals surface area contributed by atoms with E-state index in [2.05, 4.69) is 28.1 Å². The highest BCUT2D eigenvalue weighted by atomic mass is 79.9. The number of hydrogen-bond donors (Lipinski definition) is 1. The van der Waals surface area contributed by atoms with Crippen molar-refractivity contribution in [2.45, 2.75) is 37.3 Å². The first-order chi connectivity index (χ1) is 16.2. The molecule has 0 unspecified atom stereocenters. The van der Waals surface area contributed by atoms with Crippen molar-refractivity contribution < 1.29 is 26.3 Å². The largest absolute Gasteiger partial charge is 1.00 e. The van der Waals surface area contributed by atoms with Crippen LogP contribution in [0, 0.1) is 5.92 Å². The fraction of sp³-hybridized carbons (Fsp3) is 0.250. The Morgan fingerprint density at radius 3 is 2.03 bits per heavy atom. The Bertz CT molecular complexity index is 1170. The monoisotopic (exact) mass is 516 g/mol. The van der Waals surface area contributed by atoms with Crippen LogP contribution >= 0.6 is 0 Å². The maximum absolute atomic E-state index is 13.3. The molecule has 2 atom stereocenters. The second-order valence-electron chi connectivity index (χ2n) is 8.94. The molecule has 1 amide bonds.